The number of hydrogen-bond donors (Lipinski definition) is 1. The van der Waals surface area contributed by atoms with Crippen molar-refractivity contribution in [1.82, 2.24) is 14.8 Å². The normalized spacial score (nSPS) is 30.6. The molecule has 1 aromatic heterocycles. The highest BCUT2D eigenvalue weighted by Crippen LogP contribution is 2.32. The monoisotopic (exact) mass is 223 g/mol. The average molecular weight is 223 g/mol. The van der Waals surface area contributed by atoms with E-state index < -0.39 is 0 Å². The van der Waals surface area contributed by atoms with Crippen molar-refractivity contribution in [1.29, 1.82) is 0 Å². The van der Waals surface area contributed by atoms with Gasteiger partial charge < -0.3 is 5.11 Å². The molecule has 0 amide bonds. The lowest BCUT2D eigenvalue weighted by atomic mass is 9.77. The van der Waals surface area contributed by atoms with Gasteiger partial charge in [-0.3, -0.25) is 4.68 Å². The number of aromatic nitrogens is 3. The molecular weight excluding hydrogens is 202 g/mol. The first kappa shape index (κ1) is 11.6. The molecule has 1 heterocycles. The van der Waals surface area contributed by atoms with Crippen LogP contribution in [0.3, 0.4) is 0 Å². The first-order valence-corrected chi connectivity index (χ1v) is 6.21. The van der Waals surface area contributed by atoms with E-state index >= 15 is 0 Å². The highest BCUT2D eigenvalue weighted by molar-refractivity contribution is 4.91. The van der Waals surface area contributed by atoms with Crippen molar-refractivity contribution in [2.75, 3.05) is 0 Å². The molecule has 1 saturated carbocycles. The standard InChI is InChI=1S/C12H21N3O/c1-3-9-4-5-11(16)10(6-9)7-12-13-8-14-15(12)2/h8-11,16H,3-7H2,1-2H3. The summed E-state index contributed by atoms with van der Waals surface area (Å²) in [6.45, 7) is 2.24. The molecule has 1 aliphatic carbocycles. The fraction of sp³-hybridized carbons (Fsp3) is 0.833. The molecule has 4 nitrogen and oxygen atoms in total. The lowest BCUT2D eigenvalue weighted by Gasteiger charge is -2.32. The molecule has 1 N–H and O–H groups in total. The number of rotatable bonds is 3. The van der Waals surface area contributed by atoms with Gasteiger partial charge in [0.05, 0.1) is 6.10 Å². The van der Waals surface area contributed by atoms with Gasteiger partial charge >= 0.3 is 0 Å². The fourth-order valence-corrected chi connectivity index (χ4v) is 2.67. The smallest absolute Gasteiger partial charge is 0.138 e. The molecule has 0 aromatic carbocycles. The minimum absolute atomic E-state index is 0.153. The van der Waals surface area contributed by atoms with Crippen molar-refractivity contribution in [2.45, 2.75) is 45.1 Å². The van der Waals surface area contributed by atoms with Crippen LogP contribution in [-0.2, 0) is 13.5 Å². The van der Waals surface area contributed by atoms with Gasteiger partial charge in [0.25, 0.3) is 0 Å². The average Bonchev–Trinajstić information content (AvgIpc) is 2.68. The number of aliphatic hydroxyl groups is 1. The Balaban J connectivity index is 1.99. The van der Waals surface area contributed by atoms with Gasteiger partial charge in [-0.25, -0.2) is 4.98 Å². The molecule has 1 fully saturated rings. The van der Waals surface area contributed by atoms with Gasteiger partial charge in [-0.05, 0) is 31.1 Å². The Bertz CT molecular complexity index is 337. The molecule has 2 rings (SSSR count). The summed E-state index contributed by atoms with van der Waals surface area (Å²) in [5.41, 5.74) is 0. The van der Waals surface area contributed by atoms with Crippen LogP contribution in [0.1, 0.15) is 38.4 Å². The Hall–Kier alpha value is -0.900. The topological polar surface area (TPSA) is 50.9 Å². The summed E-state index contributed by atoms with van der Waals surface area (Å²) in [5.74, 6) is 2.13. The van der Waals surface area contributed by atoms with Crippen molar-refractivity contribution in [2.24, 2.45) is 18.9 Å². The Kier molecular flexibility index (Phi) is 3.59. The maximum atomic E-state index is 10.0. The van der Waals surface area contributed by atoms with E-state index in [2.05, 4.69) is 17.0 Å². The maximum Gasteiger partial charge on any atom is 0.138 e. The minimum atomic E-state index is -0.153. The van der Waals surface area contributed by atoms with Crippen molar-refractivity contribution in [3.8, 4) is 0 Å². The molecule has 16 heavy (non-hydrogen) atoms. The lowest BCUT2D eigenvalue weighted by molar-refractivity contribution is 0.0461. The Labute approximate surface area is 96.7 Å². The van der Waals surface area contributed by atoms with E-state index in [1.54, 1.807) is 6.33 Å². The van der Waals surface area contributed by atoms with Gasteiger partial charge in [0.1, 0.15) is 12.2 Å². The highest BCUT2D eigenvalue weighted by atomic mass is 16.3. The molecule has 3 atom stereocenters. The Morgan fingerprint density at radius 3 is 2.94 bits per heavy atom. The second kappa shape index (κ2) is 4.95. The van der Waals surface area contributed by atoms with Gasteiger partial charge in [-0.2, -0.15) is 5.10 Å². The van der Waals surface area contributed by atoms with E-state index in [-0.39, 0.29) is 6.10 Å². The van der Waals surface area contributed by atoms with Crippen LogP contribution in [0.25, 0.3) is 0 Å². The molecule has 0 saturated heterocycles. The van der Waals surface area contributed by atoms with Crippen LogP contribution in [0, 0.1) is 11.8 Å². The predicted molar refractivity (Wildman–Crippen MR) is 61.8 cm³/mol. The van der Waals surface area contributed by atoms with Gasteiger partial charge in [0, 0.05) is 13.5 Å². The lowest BCUT2D eigenvalue weighted by Crippen LogP contribution is -2.31. The maximum absolute atomic E-state index is 10.0. The molecule has 0 radical (unpaired) electrons. The van der Waals surface area contributed by atoms with Gasteiger partial charge in [-0.15, -0.1) is 0 Å². The number of aliphatic hydroxyl groups excluding tert-OH is 1. The van der Waals surface area contributed by atoms with Crippen molar-refractivity contribution in [3.05, 3.63) is 12.2 Å². The third-order valence-electron chi connectivity index (χ3n) is 3.88. The Morgan fingerprint density at radius 1 is 1.50 bits per heavy atom. The van der Waals surface area contributed by atoms with Crippen LogP contribution in [0.5, 0.6) is 0 Å². The van der Waals surface area contributed by atoms with Crippen LogP contribution in [0.15, 0.2) is 6.33 Å². The largest absolute Gasteiger partial charge is 0.393 e. The first-order valence-electron chi connectivity index (χ1n) is 6.21. The molecule has 1 aliphatic rings. The van der Waals surface area contributed by atoms with E-state index in [0.29, 0.717) is 5.92 Å². The molecule has 4 heteroatoms. The highest BCUT2D eigenvalue weighted by Gasteiger charge is 2.29. The molecule has 3 unspecified atom stereocenters. The summed E-state index contributed by atoms with van der Waals surface area (Å²) in [7, 11) is 1.91. The van der Waals surface area contributed by atoms with Gasteiger partial charge in [-0.1, -0.05) is 13.3 Å². The summed E-state index contributed by atoms with van der Waals surface area (Å²) in [6, 6.07) is 0. The van der Waals surface area contributed by atoms with Gasteiger partial charge in [0.15, 0.2) is 0 Å². The van der Waals surface area contributed by atoms with Crippen LogP contribution >= 0.6 is 0 Å². The van der Waals surface area contributed by atoms with Crippen LogP contribution < -0.4 is 0 Å². The third-order valence-corrected chi connectivity index (χ3v) is 3.88. The predicted octanol–water partition coefficient (Wildman–Crippen LogP) is 1.54. The molecule has 1 aromatic rings. The SMILES string of the molecule is CCC1CCC(O)C(Cc2ncnn2C)C1. The van der Waals surface area contributed by atoms with Crippen molar-refractivity contribution < 1.29 is 5.11 Å². The van der Waals surface area contributed by atoms with E-state index in [1.165, 1.54) is 12.8 Å². The van der Waals surface area contributed by atoms with Crippen LogP contribution in [0.4, 0.5) is 0 Å². The van der Waals surface area contributed by atoms with Crippen molar-refractivity contribution in [3.63, 3.8) is 0 Å². The minimum Gasteiger partial charge on any atom is -0.393 e. The quantitative estimate of drug-likeness (QED) is 0.845. The molecular formula is C12H21N3O. The molecule has 0 bridgehead atoms. The summed E-state index contributed by atoms with van der Waals surface area (Å²) >= 11 is 0. The van der Waals surface area contributed by atoms with Crippen LogP contribution in [-0.4, -0.2) is 26.0 Å². The summed E-state index contributed by atoms with van der Waals surface area (Å²) < 4.78 is 1.81. The van der Waals surface area contributed by atoms with Gasteiger partial charge in [0.2, 0.25) is 0 Å². The fourth-order valence-electron chi connectivity index (χ4n) is 2.67. The number of nitrogens with zero attached hydrogens (tertiary/aromatic N) is 3. The first-order chi connectivity index (χ1) is 7.70. The Morgan fingerprint density at radius 2 is 2.31 bits per heavy atom. The van der Waals surface area contributed by atoms with E-state index in [1.807, 2.05) is 11.7 Å². The molecule has 0 aliphatic heterocycles. The zero-order valence-electron chi connectivity index (χ0n) is 10.1. The summed E-state index contributed by atoms with van der Waals surface area (Å²) in [6.07, 6.45) is 6.76. The summed E-state index contributed by atoms with van der Waals surface area (Å²) in [5, 5.41) is 14.1. The zero-order chi connectivity index (χ0) is 11.5. The number of hydrogen-bond acceptors (Lipinski definition) is 3. The van der Waals surface area contributed by atoms with E-state index in [0.717, 1.165) is 31.0 Å². The zero-order valence-corrected chi connectivity index (χ0v) is 10.1. The van der Waals surface area contributed by atoms with E-state index in [4.69, 9.17) is 0 Å². The van der Waals surface area contributed by atoms with E-state index in [9.17, 15) is 5.11 Å². The second-order valence-corrected chi connectivity index (χ2v) is 4.92. The molecule has 90 valence electrons. The third kappa shape index (κ3) is 2.43. The molecule has 0 spiro atoms. The van der Waals surface area contributed by atoms with Crippen molar-refractivity contribution >= 4 is 0 Å². The van der Waals surface area contributed by atoms with Crippen LogP contribution in [0.2, 0.25) is 0 Å². The second-order valence-electron chi connectivity index (χ2n) is 4.92. The summed E-state index contributed by atoms with van der Waals surface area (Å²) in [4.78, 5) is 4.24. The number of aryl methyl sites for hydroxylation is 1.